The van der Waals surface area contributed by atoms with Crippen LogP contribution in [-0.2, 0) is 9.47 Å². The maximum absolute atomic E-state index is 13.3. The Hall–Kier alpha value is -4.60. The lowest BCUT2D eigenvalue weighted by atomic mass is 10.1. The van der Waals surface area contributed by atoms with Gasteiger partial charge in [0.25, 0.3) is 11.8 Å². The van der Waals surface area contributed by atoms with E-state index >= 15 is 0 Å². The SMILES string of the molecule is COC(=O)c1c(C)[nH]c(C(=O)C(C)OC(=O)c2ccc3c(c2)C(=O)N(c2ccc(F)cc2)C3=O)c1C. The van der Waals surface area contributed by atoms with Crippen LogP contribution >= 0.6 is 0 Å². The van der Waals surface area contributed by atoms with Gasteiger partial charge in [0.15, 0.2) is 6.10 Å². The Labute approximate surface area is 204 Å². The number of halogens is 1. The van der Waals surface area contributed by atoms with E-state index in [2.05, 4.69) is 4.98 Å². The van der Waals surface area contributed by atoms with Crippen LogP contribution in [0.5, 0.6) is 0 Å². The van der Waals surface area contributed by atoms with Crippen molar-refractivity contribution in [3.05, 3.63) is 87.5 Å². The van der Waals surface area contributed by atoms with Crippen molar-refractivity contribution in [1.82, 2.24) is 4.98 Å². The van der Waals surface area contributed by atoms with Gasteiger partial charge in [0, 0.05) is 5.69 Å². The number of fused-ring (bicyclic) bond motifs is 1. The number of nitrogens with one attached hydrogen (secondary N) is 1. The average Bonchev–Trinajstić information content (AvgIpc) is 3.30. The first-order valence-electron chi connectivity index (χ1n) is 10.9. The van der Waals surface area contributed by atoms with Crippen molar-refractivity contribution >= 4 is 35.2 Å². The summed E-state index contributed by atoms with van der Waals surface area (Å²) in [4.78, 5) is 67.0. The van der Waals surface area contributed by atoms with Crippen LogP contribution in [0.2, 0.25) is 0 Å². The molecule has 0 fully saturated rings. The normalized spacial score (nSPS) is 13.4. The predicted octanol–water partition coefficient (Wildman–Crippen LogP) is 3.79. The molecule has 0 bridgehead atoms. The Bertz CT molecular complexity index is 1440. The highest BCUT2D eigenvalue weighted by atomic mass is 19.1. The lowest BCUT2D eigenvalue weighted by Crippen LogP contribution is -2.29. The largest absolute Gasteiger partial charge is 0.465 e. The number of aromatic amines is 1. The summed E-state index contributed by atoms with van der Waals surface area (Å²) in [7, 11) is 1.23. The number of imide groups is 1. The molecule has 36 heavy (non-hydrogen) atoms. The van der Waals surface area contributed by atoms with E-state index in [1.54, 1.807) is 13.8 Å². The molecule has 1 aromatic heterocycles. The van der Waals surface area contributed by atoms with Gasteiger partial charge in [-0.2, -0.15) is 0 Å². The molecule has 1 aliphatic heterocycles. The third-order valence-electron chi connectivity index (χ3n) is 5.93. The third-order valence-corrected chi connectivity index (χ3v) is 5.93. The monoisotopic (exact) mass is 492 g/mol. The molecule has 0 radical (unpaired) electrons. The van der Waals surface area contributed by atoms with E-state index in [1.165, 1.54) is 44.4 Å². The fourth-order valence-electron chi connectivity index (χ4n) is 4.08. The summed E-state index contributed by atoms with van der Waals surface area (Å²) in [6.45, 7) is 4.57. The number of carbonyl (C=O) groups is 5. The van der Waals surface area contributed by atoms with Crippen LogP contribution in [-0.4, -0.2) is 47.7 Å². The molecule has 184 valence electrons. The molecule has 0 saturated carbocycles. The molecule has 1 atom stereocenters. The minimum atomic E-state index is -1.22. The van der Waals surface area contributed by atoms with E-state index in [9.17, 15) is 28.4 Å². The van der Waals surface area contributed by atoms with Crippen molar-refractivity contribution in [2.24, 2.45) is 0 Å². The van der Waals surface area contributed by atoms with Crippen molar-refractivity contribution < 1.29 is 37.8 Å². The van der Waals surface area contributed by atoms with Crippen molar-refractivity contribution in [3.8, 4) is 0 Å². The van der Waals surface area contributed by atoms with Gasteiger partial charge in [0.1, 0.15) is 5.82 Å². The van der Waals surface area contributed by atoms with E-state index in [0.29, 0.717) is 11.3 Å². The number of carbonyl (C=O) groups excluding carboxylic acids is 5. The van der Waals surface area contributed by atoms with Crippen LogP contribution < -0.4 is 4.90 Å². The zero-order chi connectivity index (χ0) is 26.3. The second kappa shape index (κ2) is 9.21. The number of ketones is 1. The van der Waals surface area contributed by atoms with Crippen LogP contribution in [0.25, 0.3) is 0 Å². The minimum Gasteiger partial charge on any atom is -0.465 e. The number of rotatable bonds is 6. The molecule has 1 aliphatic rings. The molecule has 2 heterocycles. The Balaban J connectivity index is 1.54. The minimum absolute atomic E-state index is 0.0173. The maximum Gasteiger partial charge on any atom is 0.339 e. The van der Waals surface area contributed by atoms with Gasteiger partial charge in [-0.3, -0.25) is 14.4 Å². The molecule has 1 unspecified atom stereocenters. The molecule has 10 heteroatoms. The third kappa shape index (κ3) is 4.06. The van der Waals surface area contributed by atoms with Gasteiger partial charge in [0.2, 0.25) is 5.78 Å². The predicted molar refractivity (Wildman–Crippen MR) is 125 cm³/mol. The second-order valence-corrected chi connectivity index (χ2v) is 8.21. The van der Waals surface area contributed by atoms with Gasteiger partial charge in [-0.05, 0) is 68.8 Å². The molecular formula is C26H21FN2O7. The number of hydrogen-bond acceptors (Lipinski definition) is 7. The standard InChI is InChI=1S/C26H21FN2O7/c1-12-20(26(34)35-4)13(2)28-21(12)22(30)14(3)36-25(33)15-5-10-18-19(11-15)24(32)29(23(18)31)17-8-6-16(27)7-9-17/h5-11,14,28H,1-4H3. The lowest BCUT2D eigenvalue weighted by molar-refractivity contribution is 0.0316. The molecule has 9 nitrogen and oxygen atoms in total. The molecule has 4 rings (SSSR count). The van der Waals surface area contributed by atoms with E-state index in [4.69, 9.17) is 9.47 Å². The molecule has 2 amide bonds. The smallest absolute Gasteiger partial charge is 0.339 e. The Morgan fingerprint density at radius 1 is 0.944 bits per heavy atom. The number of amides is 2. The number of anilines is 1. The number of ether oxygens (including phenoxy) is 2. The Morgan fingerprint density at radius 2 is 1.58 bits per heavy atom. The van der Waals surface area contributed by atoms with Crippen LogP contribution in [0.1, 0.15) is 70.1 Å². The number of benzene rings is 2. The zero-order valence-electron chi connectivity index (χ0n) is 19.8. The van der Waals surface area contributed by atoms with Crippen molar-refractivity contribution in [2.75, 3.05) is 12.0 Å². The van der Waals surface area contributed by atoms with Crippen molar-refractivity contribution in [3.63, 3.8) is 0 Å². The number of methoxy groups -OCH3 is 1. The summed E-state index contributed by atoms with van der Waals surface area (Å²) in [5.74, 6) is -3.84. The van der Waals surface area contributed by atoms with Gasteiger partial charge >= 0.3 is 11.9 Å². The summed E-state index contributed by atoms with van der Waals surface area (Å²) >= 11 is 0. The van der Waals surface area contributed by atoms with Crippen LogP contribution in [0, 0.1) is 19.7 Å². The zero-order valence-corrected chi connectivity index (χ0v) is 19.8. The fourth-order valence-corrected chi connectivity index (χ4v) is 4.08. The molecule has 0 saturated heterocycles. The first-order chi connectivity index (χ1) is 17.0. The number of hydrogen-bond donors (Lipinski definition) is 1. The number of esters is 2. The first-order valence-corrected chi connectivity index (χ1v) is 10.9. The highest BCUT2D eigenvalue weighted by molar-refractivity contribution is 6.34. The Morgan fingerprint density at radius 3 is 2.22 bits per heavy atom. The highest BCUT2D eigenvalue weighted by Crippen LogP contribution is 2.29. The average molecular weight is 492 g/mol. The quantitative estimate of drug-likeness (QED) is 0.316. The van der Waals surface area contributed by atoms with Gasteiger partial charge < -0.3 is 14.5 Å². The number of nitrogens with zero attached hydrogens (tertiary/aromatic N) is 1. The fraction of sp³-hybridized carbons (Fsp3) is 0.192. The van der Waals surface area contributed by atoms with E-state index in [-0.39, 0.29) is 33.6 Å². The molecule has 2 aromatic carbocycles. The maximum atomic E-state index is 13.3. The van der Waals surface area contributed by atoms with Gasteiger partial charge in [-0.15, -0.1) is 0 Å². The number of Topliss-reactive ketones (excluding diaryl/α,β-unsaturated/α-hetero) is 1. The van der Waals surface area contributed by atoms with Crippen LogP contribution in [0.3, 0.4) is 0 Å². The van der Waals surface area contributed by atoms with Crippen LogP contribution in [0.15, 0.2) is 42.5 Å². The van der Waals surface area contributed by atoms with Crippen molar-refractivity contribution in [2.45, 2.75) is 26.9 Å². The molecule has 1 N–H and O–H groups in total. The van der Waals surface area contributed by atoms with E-state index in [1.807, 2.05) is 0 Å². The first kappa shape index (κ1) is 24.5. The van der Waals surface area contributed by atoms with Gasteiger partial charge in [-0.1, -0.05) is 0 Å². The topological polar surface area (TPSA) is 123 Å². The van der Waals surface area contributed by atoms with E-state index in [0.717, 1.165) is 17.0 Å². The van der Waals surface area contributed by atoms with Gasteiger partial charge in [0.05, 0.1) is 40.7 Å². The molecular weight excluding hydrogens is 471 g/mol. The summed E-state index contributed by atoms with van der Waals surface area (Å²) in [6, 6.07) is 8.71. The number of aryl methyl sites for hydroxylation is 1. The number of aromatic nitrogens is 1. The molecule has 3 aromatic rings. The summed E-state index contributed by atoms with van der Waals surface area (Å²) in [5.41, 5.74) is 1.36. The summed E-state index contributed by atoms with van der Waals surface area (Å²) in [6.07, 6.45) is -1.22. The van der Waals surface area contributed by atoms with E-state index < -0.39 is 41.5 Å². The van der Waals surface area contributed by atoms with Gasteiger partial charge in [-0.25, -0.2) is 18.9 Å². The van der Waals surface area contributed by atoms with Crippen molar-refractivity contribution in [1.29, 1.82) is 0 Å². The highest BCUT2D eigenvalue weighted by Gasteiger charge is 2.37. The lowest BCUT2D eigenvalue weighted by Gasteiger charge is -2.13. The second-order valence-electron chi connectivity index (χ2n) is 8.21. The molecule has 0 spiro atoms. The molecule has 0 aliphatic carbocycles. The summed E-state index contributed by atoms with van der Waals surface area (Å²) < 4.78 is 23.3. The Kier molecular flexibility index (Phi) is 6.28. The summed E-state index contributed by atoms with van der Waals surface area (Å²) in [5, 5.41) is 0. The number of H-pyrrole nitrogens is 1. The van der Waals surface area contributed by atoms with Crippen LogP contribution in [0.4, 0.5) is 10.1 Å².